The predicted octanol–water partition coefficient (Wildman–Crippen LogP) is 3.25. The van der Waals surface area contributed by atoms with Crippen molar-refractivity contribution in [3.63, 3.8) is 0 Å². The maximum absolute atomic E-state index is 13.2. The zero-order valence-electron chi connectivity index (χ0n) is 19.3. The molecule has 1 aliphatic heterocycles. The third kappa shape index (κ3) is 3.53. The van der Waals surface area contributed by atoms with Crippen LogP contribution in [0.5, 0.6) is 0 Å². The van der Waals surface area contributed by atoms with Crippen LogP contribution >= 0.6 is 0 Å². The van der Waals surface area contributed by atoms with Crippen LogP contribution in [-0.4, -0.2) is 42.0 Å². The summed E-state index contributed by atoms with van der Waals surface area (Å²) in [6.45, 7) is 14.1. The average Bonchev–Trinajstić information content (AvgIpc) is 3.21. The first-order valence-electron chi connectivity index (χ1n) is 10.8. The molecule has 0 unspecified atom stereocenters. The van der Waals surface area contributed by atoms with Gasteiger partial charge < -0.3 is 14.2 Å². The van der Waals surface area contributed by atoms with Crippen molar-refractivity contribution >= 4 is 23.7 Å². The van der Waals surface area contributed by atoms with Crippen molar-refractivity contribution in [2.24, 2.45) is 23.2 Å². The smallest absolute Gasteiger partial charge is 0.334 e. The largest absolute Gasteiger partial charge is 0.457 e. The van der Waals surface area contributed by atoms with Gasteiger partial charge >= 0.3 is 17.9 Å². The van der Waals surface area contributed by atoms with Crippen LogP contribution in [0.25, 0.3) is 0 Å². The molecule has 0 N–H and O–H groups in total. The minimum absolute atomic E-state index is 0.100. The first-order valence-corrected chi connectivity index (χ1v) is 10.8. The zero-order chi connectivity index (χ0) is 24.0. The van der Waals surface area contributed by atoms with Crippen LogP contribution in [0.1, 0.15) is 41.5 Å². The number of carbonyl (C=O) groups excluding carboxylic acids is 4. The lowest BCUT2D eigenvalue weighted by atomic mass is 9.67. The standard InChI is InChI=1S/C25H30O7/c1-8-12(3)22(27)30-19-14(5)16-10-11-17(26)25(16,7)21(32-23(28)13(4)9-2)18-15(6)24(29)31-20(18)19/h8-11,14,16,18-21H,6H2,1-5,7H3/b12-8-,13-9-/t14-,16-,18+,19+,20-,21-,25-/m0/s1. The SMILES string of the molecule is C=C1C(=O)O[C@@H]2[C@H](OC(=O)/C(C)=C\C)[C@@H](C)[C@@H]3C=CC(=O)[C@@]3(C)[C@@H](OC(=O)/C(C)=C\C)[C@H]12. The van der Waals surface area contributed by atoms with Gasteiger partial charge in [-0.25, -0.2) is 14.4 Å². The van der Waals surface area contributed by atoms with E-state index in [2.05, 4.69) is 6.58 Å². The van der Waals surface area contributed by atoms with E-state index in [-0.39, 0.29) is 11.4 Å². The Morgan fingerprint density at radius 2 is 1.66 bits per heavy atom. The van der Waals surface area contributed by atoms with E-state index < -0.39 is 59.4 Å². The van der Waals surface area contributed by atoms with Crippen molar-refractivity contribution in [1.82, 2.24) is 0 Å². The maximum Gasteiger partial charge on any atom is 0.334 e. The van der Waals surface area contributed by atoms with Gasteiger partial charge in [-0.3, -0.25) is 4.79 Å². The fourth-order valence-corrected chi connectivity index (χ4v) is 4.93. The van der Waals surface area contributed by atoms with Gasteiger partial charge in [-0.15, -0.1) is 0 Å². The molecule has 0 radical (unpaired) electrons. The second kappa shape index (κ2) is 8.52. The molecule has 1 heterocycles. The number of esters is 3. The Hall–Kier alpha value is -2.96. The number of allylic oxidation sites excluding steroid dienone is 4. The fraction of sp³-hybridized carbons (Fsp3) is 0.520. The first-order chi connectivity index (χ1) is 15.0. The highest BCUT2D eigenvalue weighted by molar-refractivity contribution is 6.00. The highest BCUT2D eigenvalue weighted by Crippen LogP contribution is 2.55. The van der Waals surface area contributed by atoms with E-state index in [4.69, 9.17) is 14.2 Å². The number of carbonyl (C=O) groups is 4. The van der Waals surface area contributed by atoms with Gasteiger partial charge in [0.05, 0.1) is 11.3 Å². The second-order valence-corrected chi connectivity index (χ2v) is 8.95. The number of ether oxygens (including phenoxy) is 3. The lowest BCUT2D eigenvalue weighted by molar-refractivity contribution is -0.166. The van der Waals surface area contributed by atoms with Crippen molar-refractivity contribution in [1.29, 1.82) is 0 Å². The monoisotopic (exact) mass is 442 g/mol. The topological polar surface area (TPSA) is 96.0 Å². The third-order valence-corrected chi connectivity index (χ3v) is 7.25. The lowest BCUT2D eigenvalue weighted by Crippen LogP contribution is -2.49. The van der Waals surface area contributed by atoms with Gasteiger partial charge in [0.15, 0.2) is 5.78 Å². The zero-order valence-corrected chi connectivity index (χ0v) is 19.3. The van der Waals surface area contributed by atoms with Crippen LogP contribution in [0.4, 0.5) is 0 Å². The summed E-state index contributed by atoms with van der Waals surface area (Å²) in [4.78, 5) is 51.1. The molecule has 7 atom stereocenters. The molecule has 7 heteroatoms. The van der Waals surface area contributed by atoms with Gasteiger partial charge in [0.25, 0.3) is 0 Å². The summed E-state index contributed by atoms with van der Waals surface area (Å²) in [5.74, 6) is -3.62. The average molecular weight is 443 g/mol. The molecule has 0 aromatic carbocycles. The van der Waals surface area contributed by atoms with Gasteiger partial charge in [0, 0.05) is 22.6 Å². The Labute approximate surface area is 188 Å². The summed E-state index contributed by atoms with van der Waals surface area (Å²) < 4.78 is 17.4. The summed E-state index contributed by atoms with van der Waals surface area (Å²) in [5.41, 5.74) is -0.281. The third-order valence-electron chi connectivity index (χ3n) is 7.25. The molecule has 1 saturated heterocycles. The highest BCUT2D eigenvalue weighted by atomic mass is 16.6. The van der Waals surface area contributed by atoms with Crippen molar-refractivity contribution in [2.75, 3.05) is 0 Å². The van der Waals surface area contributed by atoms with E-state index in [1.165, 1.54) is 6.08 Å². The number of rotatable bonds is 4. The van der Waals surface area contributed by atoms with Gasteiger partial charge in [0.1, 0.15) is 18.3 Å². The molecular weight excluding hydrogens is 412 g/mol. The first kappa shape index (κ1) is 23.7. The van der Waals surface area contributed by atoms with Crippen LogP contribution < -0.4 is 0 Å². The van der Waals surface area contributed by atoms with Crippen molar-refractivity contribution in [3.8, 4) is 0 Å². The van der Waals surface area contributed by atoms with Gasteiger partial charge in [0.2, 0.25) is 0 Å². The van der Waals surface area contributed by atoms with Crippen molar-refractivity contribution < 1.29 is 33.4 Å². The Bertz CT molecular complexity index is 969. The summed E-state index contributed by atoms with van der Waals surface area (Å²) >= 11 is 0. The fourth-order valence-electron chi connectivity index (χ4n) is 4.93. The molecule has 2 fully saturated rings. The molecule has 0 spiro atoms. The molecule has 1 saturated carbocycles. The van der Waals surface area contributed by atoms with Crippen LogP contribution in [0, 0.1) is 23.2 Å². The molecule has 0 aromatic rings. The molecular formula is C25H30O7. The predicted molar refractivity (Wildman–Crippen MR) is 116 cm³/mol. The molecule has 32 heavy (non-hydrogen) atoms. The summed E-state index contributed by atoms with van der Waals surface area (Å²) in [7, 11) is 0. The van der Waals surface area contributed by atoms with Gasteiger partial charge in [-0.2, -0.15) is 0 Å². The quantitative estimate of drug-likeness (QED) is 0.375. The van der Waals surface area contributed by atoms with Gasteiger partial charge in [-0.1, -0.05) is 31.7 Å². The van der Waals surface area contributed by atoms with E-state index in [0.717, 1.165) is 0 Å². The lowest BCUT2D eigenvalue weighted by Gasteiger charge is -2.39. The Morgan fingerprint density at radius 3 is 2.22 bits per heavy atom. The minimum atomic E-state index is -1.17. The molecule has 0 amide bonds. The summed E-state index contributed by atoms with van der Waals surface area (Å²) in [6, 6.07) is 0. The van der Waals surface area contributed by atoms with E-state index in [1.807, 2.05) is 6.92 Å². The van der Waals surface area contributed by atoms with Crippen LogP contribution in [0.15, 0.2) is 47.6 Å². The number of hydrogen-bond acceptors (Lipinski definition) is 7. The van der Waals surface area contributed by atoms with Crippen molar-refractivity contribution in [2.45, 2.75) is 59.9 Å². The number of ketones is 1. The molecule has 3 rings (SSSR count). The van der Waals surface area contributed by atoms with E-state index in [1.54, 1.807) is 52.8 Å². The Morgan fingerprint density at radius 1 is 1.09 bits per heavy atom. The maximum atomic E-state index is 13.2. The minimum Gasteiger partial charge on any atom is -0.457 e. The Kier molecular flexibility index (Phi) is 6.31. The Balaban J connectivity index is 2.15. The molecule has 2 aliphatic carbocycles. The van der Waals surface area contributed by atoms with Gasteiger partial charge in [-0.05, 0) is 46.6 Å². The van der Waals surface area contributed by atoms with Crippen LogP contribution in [-0.2, 0) is 33.4 Å². The second-order valence-electron chi connectivity index (χ2n) is 8.95. The molecule has 0 bridgehead atoms. The number of fused-ring (bicyclic) bond motifs is 2. The summed E-state index contributed by atoms with van der Waals surface area (Å²) in [6.07, 6.45) is 3.70. The van der Waals surface area contributed by atoms with E-state index in [9.17, 15) is 19.2 Å². The van der Waals surface area contributed by atoms with Crippen molar-refractivity contribution in [3.05, 3.63) is 47.6 Å². The van der Waals surface area contributed by atoms with E-state index in [0.29, 0.717) is 11.1 Å². The normalized spacial score (nSPS) is 36.9. The van der Waals surface area contributed by atoms with Crippen LogP contribution in [0.3, 0.4) is 0 Å². The number of hydrogen-bond donors (Lipinski definition) is 0. The molecule has 0 aromatic heterocycles. The van der Waals surface area contributed by atoms with E-state index >= 15 is 0 Å². The molecule has 7 nitrogen and oxygen atoms in total. The molecule has 172 valence electrons. The molecule has 3 aliphatic rings. The highest BCUT2D eigenvalue weighted by Gasteiger charge is 2.65. The van der Waals surface area contributed by atoms with Crippen LogP contribution in [0.2, 0.25) is 0 Å². The summed E-state index contributed by atoms with van der Waals surface area (Å²) in [5, 5.41) is 0.